The third kappa shape index (κ3) is 4.42. The molecule has 41 heavy (non-hydrogen) atoms. The molecule has 13 heteroatoms. The summed E-state index contributed by atoms with van der Waals surface area (Å²) in [5.41, 5.74) is 4.08. The molecule has 7 rings (SSSR count). The Morgan fingerprint density at radius 3 is 2.83 bits per heavy atom. The monoisotopic (exact) mass is 559 g/mol. The normalized spacial score (nSPS) is 15.3. The first-order valence-electron chi connectivity index (χ1n) is 13.5. The van der Waals surface area contributed by atoms with E-state index < -0.39 is 17.4 Å². The Hall–Kier alpha value is -4.65. The van der Waals surface area contributed by atoms with Crippen LogP contribution in [0.3, 0.4) is 0 Å². The summed E-state index contributed by atoms with van der Waals surface area (Å²) in [5.74, 6) is -0.426. The Balaban J connectivity index is 1.12. The highest BCUT2D eigenvalue weighted by atomic mass is 19.1. The first kappa shape index (κ1) is 25.3. The maximum atomic E-state index is 15.6. The number of aromatic amines is 2. The fraction of sp³-hybridized carbons (Fsp3) is 0.321. The quantitative estimate of drug-likeness (QED) is 0.301. The summed E-state index contributed by atoms with van der Waals surface area (Å²) >= 11 is 0. The van der Waals surface area contributed by atoms with Gasteiger partial charge in [0, 0.05) is 26.1 Å². The lowest BCUT2D eigenvalue weighted by Crippen LogP contribution is -2.44. The van der Waals surface area contributed by atoms with Crippen LogP contribution < -0.4 is 0 Å². The molecule has 2 aromatic carbocycles. The predicted octanol–water partition coefficient (Wildman–Crippen LogP) is 3.16. The highest BCUT2D eigenvalue weighted by Crippen LogP contribution is 2.35. The van der Waals surface area contributed by atoms with E-state index in [9.17, 15) is 14.3 Å². The van der Waals surface area contributed by atoms with Crippen LogP contribution in [-0.4, -0.2) is 75.4 Å². The zero-order valence-corrected chi connectivity index (χ0v) is 22.3. The number of phenols is 1. The molecule has 0 bridgehead atoms. The van der Waals surface area contributed by atoms with Gasteiger partial charge in [-0.2, -0.15) is 5.10 Å². The predicted molar refractivity (Wildman–Crippen MR) is 144 cm³/mol. The van der Waals surface area contributed by atoms with Crippen LogP contribution in [0.5, 0.6) is 5.75 Å². The first-order chi connectivity index (χ1) is 19.9. The van der Waals surface area contributed by atoms with Gasteiger partial charge < -0.3 is 19.6 Å². The van der Waals surface area contributed by atoms with Crippen molar-refractivity contribution in [1.29, 1.82) is 0 Å². The second kappa shape index (κ2) is 9.77. The maximum Gasteiger partial charge on any atom is 0.237 e. The van der Waals surface area contributed by atoms with Gasteiger partial charge in [-0.25, -0.2) is 13.8 Å². The fourth-order valence-corrected chi connectivity index (χ4v) is 5.76. The highest BCUT2D eigenvalue weighted by molar-refractivity contribution is 5.94. The average molecular weight is 560 g/mol. The molecule has 11 nitrogen and oxygen atoms in total. The Bertz CT molecular complexity index is 1810. The van der Waals surface area contributed by atoms with E-state index >= 15 is 4.39 Å². The van der Waals surface area contributed by atoms with Crippen molar-refractivity contribution in [2.24, 2.45) is 0 Å². The lowest BCUT2D eigenvalue weighted by atomic mass is 9.96. The van der Waals surface area contributed by atoms with Crippen LogP contribution in [0, 0.1) is 11.6 Å². The number of amides is 1. The van der Waals surface area contributed by atoms with Crippen LogP contribution in [0.15, 0.2) is 30.6 Å². The summed E-state index contributed by atoms with van der Waals surface area (Å²) in [7, 11) is 0. The fourth-order valence-electron chi connectivity index (χ4n) is 5.76. The largest absolute Gasteiger partial charge is 0.505 e. The van der Waals surface area contributed by atoms with Gasteiger partial charge in [0.05, 0.1) is 41.9 Å². The van der Waals surface area contributed by atoms with Gasteiger partial charge in [0.1, 0.15) is 23.7 Å². The molecular weight excluding hydrogens is 532 g/mol. The molecule has 3 aromatic heterocycles. The maximum absolute atomic E-state index is 15.6. The van der Waals surface area contributed by atoms with Gasteiger partial charge in [0.2, 0.25) is 5.91 Å². The highest BCUT2D eigenvalue weighted by Gasteiger charge is 2.28. The van der Waals surface area contributed by atoms with E-state index in [4.69, 9.17) is 4.98 Å². The Kier molecular flexibility index (Phi) is 6.03. The summed E-state index contributed by atoms with van der Waals surface area (Å²) in [5, 5.41) is 25.3. The summed E-state index contributed by atoms with van der Waals surface area (Å²) in [6, 6.07) is 5.65. The number of imidazole rings is 1. The molecule has 2 aliphatic heterocycles. The number of nitrogens with zero attached hydrogens (tertiary/aromatic N) is 7. The van der Waals surface area contributed by atoms with Crippen molar-refractivity contribution < 1.29 is 18.7 Å². The molecule has 5 heterocycles. The molecule has 0 spiro atoms. The van der Waals surface area contributed by atoms with Crippen molar-refractivity contribution in [2.75, 3.05) is 19.6 Å². The van der Waals surface area contributed by atoms with E-state index in [0.717, 1.165) is 30.3 Å². The second-order valence-electron chi connectivity index (χ2n) is 10.5. The molecule has 0 fully saturated rings. The first-order valence-corrected chi connectivity index (χ1v) is 13.5. The van der Waals surface area contributed by atoms with Crippen LogP contribution in [0.25, 0.3) is 33.5 Å². The molecule has 3 N–H and O–H groups in total. The van der Waals surface area contributed by atoms with Crippen LogP contribution in [0.1, 0.15) is 29.7 Å². The third-order valence-corrected chi connectivity index (χ3v) is 7.97. The molecule has 0 atom stereocenters. The second-order valence-corrected chi connectivity index (χ2v) is 10.5. The Morgan fingerprint density at radius 2 is 1.98 bits per heavy atom. The van der Waals surface area contributed by atoms with Gasteiger partial charge in [-0.1, -0.05) is 6.92 Å². The summed E-state index contributed by atoms with van der Waals surface area (Å²) < 4.78 is 31.7. The van der Waals surface area contributed by atoms with Crippen LogP contribution in [0.4, 0.5) is 8.78 Å². The van der Waals surface area contributed by atoms with E-state index in [1.165, 1.54) is 18.2 Å². The van der Waals surface area contributed by atoms with Gasteiger partial charge in [-0.05, 0) is 47.4 Å². The molecule has 210 valence electrons. The molecule has 5 aromatic rings. The number of nitrogens with one attached hydrogen (secondary N) is 2. The molecule has 0 unspecified atom stereocenters. The molecule has 1 amide bonds. The van der Waals surface area contributed by atoms with Crippen LogP contribution in [0.2, 0.25) is 0 Å². The number of aryl methyl sites for hydroxylation is 1. The van der Waals surface area contributed by atoms with E-state index in [2.05, 4.69) is 30.3 Å². The minimum Gasteiger partial charge on any atom is -0.505 e. The van der Waals surface area contributed by atoms with Crippen molar-refractivity contribution in [3.63, 3.8) is 0 Å². The van der Waals surface area contributed by atoms with Gasteiger partial charge in [-0.15, -0.1) is 10.2 Å². The lowest BCUT2D eigenvalue weighted by molar-refractivity contribution is -0.133. The average Bonchev–Trinajstić information content (AvgIpc) is 3.71. The summed E-state index contributed by atoms with van der Waals surface area (Å²) in [4.78, 5) is 25.0. The number of halogens is 2. The van der Waals surface area contributed by atoms with E-state index in [-0.39, 0.29) is 11.3 Å². The molecule has 0 saturated carbocycles. The molecule has 0 aliphatic carbocycles. The van der Waals surface area contributed by atoms with Crippen molar-refractivity contribution in [3.05, 3.63) is 65.0 Å². The number of benzene rings is 2. The minimum absolute atomic E-state index is 0.0284. The minimum atomic E-state index is -0.767. The van der Waals surface area contributed by atoms with E-state index in [1.54, 1.807) is 17.3 Å². The number of aromatic nitrogens is 7. The number of rotatable bonds is 5. The number of hydrogen-bond acceptors (Lipinski definition) is 7. The van der Waals surface area contributed by atoms with Crippen molar-refractivity contribution in [2.45, 2.75) is 39.4 Å². The summed E-state index contributed by atoms with van der Waals surface area (Å²) in [6.45, 7) is 5.20. The molecular formula is C28H27F2N9O2. The van der Waals surface area contributed by atoms with Gasteiger partial charge in [-0.3, -0.25) is 14.8 Å². The molecule has 0 saturated heterocycles. The van der Waals surface area contributed by atoms with Crippen molar-refractivity contribution in [3.8, 4) is 28.4 Å². The van der Waals surface area contributed by atoms with Crippen LogP contribution >= 0.6 is 0 Å². The third-order valence-electron chi connectivity index (χ3n) is 7.97. The Labute approximate surface area is 232 Å². The lowest BCUT2D eigenvalue weighted by Gasteiger charge is -2.31. The van der Waals surface area contributed by atoms with E-state index in [1.807, 2.05) is 11.5 Å². The zero-order valence-electron chi connectivity index (χ0n) is 22.3. The van der Waals surface area contributed by atoms with Crippen LogP contribution in [-0.2, 0) is 37.3 Å². The number of aromatic hydroxyl groups is 1. The number of carbonyl (C=O) groups excluding carboxylic acids is 1. The summed E-state index contributed by atoms with van der Waals surface area (Å²) in [6.07, 6.45) is 2.82. The van der Waals surface area contributed by atoms with Gasteiger partial charge in [0.15, 0.2) is 17.4 Å². The number of fused-ring (bicyclic) bond motifs is 3. The van der Waals surface area contributed by atoms with Crippen molar-refractivity contribution in [1.82, 2.24) is 44.7 Å². The van der Waals surface area contributed by atoms with E-state index in [0.29, 0.717) is 72.7 Å². The van der Waals surface area contributed by atoms with Gasteiger partial charge in [0.25, 0.3) is 0 Å². The number of carbonyl (C=O) groups is 1. The zero-order chi connectivity index (χ0) is 28.2. The molecule has 2 aliphatic rings. The molecule has 0 radical (unpaired) electrons. The van der Waals surface area contributed by atoms with Gasteiger partial charge >= 0.3 is 0 Å². The topological polar surface area (TPSA) is 132 Å². The van der Waals surface area contributed by atoms with Crippen molar-refractivity contribution >= 4 is 16.8 Å². The number of phenolic OH excluding ortho intramolecular Hbond substituents is 1. The number of hydrogen-bond donors (Lipinski definition) is 3. The number of H-pyrrole nitrogens is 2. The smallest absolute Gasteiger partial charge is 0.237 e. The SMILES string of the molecule is CCc1cc(O)c(F)cc1-c1cc(F)c2c(-c3nc4c([nH]3)CN(C(=O)CN3CCn5cnnc5C3)CC4)n[nH]c2c1. The Morgan fingerprint density at radius 1 is 1.10 bits per heavy atom. The standard InChI is InChI=1S/C28H27F2N9O2/c1-2-15-9-23(40)18(29)10-17(15)16-7-19(30)26-21(8-16)34-36-27(26)28-32-20-3-4-38(11-22(20)33-28)25(41)13-37-5-6-39-14-31-35-24(39)12-37/h7-10,14,40H,2-6,11-13H2,1H3,(H,32,33)(H,34,36).